The summed E-state index contributed by atoms with van der Waals surface area (Å²) in [5.41, 5.74) is 0. The smallest absolute Gasteiger partial charge is 0.462 e. The minimum absolute atomic E-state index is 0.0724. The molecule has 0 aliphatic rings. The van der Waals surface area contributed by atoms with Crippen LogP contribution in [0.15, 0.2) is 109 Å². The Morgan fingerprint density at radius 2 is 0.490 bits per heavy atom. The van der Waals surface area contributed by atoms with E-state index in [2.05, 4.69) is 125 Å². The fourth-order valence-corrected chi connectivity index (χ4v) is 12.1. The van der Waals surface area contributed by atoms with Crippen molar-refractivity contribution in [2.75, 3.05) is 39.6 Å². The van der Waals surface area contributed by atoms with Gasteiger partial charge in [0.2, 0.25) is 0 Å². The van der Waals surface area contributed by atoms with Crippen LogP contribution >= 0.6 is 15.6 Å². The zero-order valence-electron chi connectivity index (χ0n) is 64.3. The number of rotatable bonds is 75. The second-order valence-electron chi connectivity index (χ2n) is 26.6. The van der Waals surface area contributed by atoms with E-state index in [1.807, 2.05) is 12.2 Å². The number of carbonyl (C=O) groups is 4. The van der Waals surface area contributed by atoms with Crippen molar-refractivity contribution in [3.63, 3.8) is 0 Å². The van der Waals surface area contributed by atoms with Gasteiger partial charge in [-0.3, -0.25) is 37.3 Å². The maximum atomic E-state index is 13.1. The van der Waals surface area contributed by atoms with Crippen molar-refractivity contribution < 1.29 is 80.2 Å². The molecule has 0 aliphatic heterocycles. The highest BCUT2D eigenvalue weighted by Gasteiger charge is 2.30. The van der Waals surface area contributed by atoms with Gasteiger partial charge in [-0.05, 0) is 154 Å². The molecular formula is C83H144O17P2. The second-order valence-corrected chi connectivity index (χ2v) is 29.5. The number of aliphatic hydroxyl groups excluding tert-OH is 1. The summed E-state index contributed by atoms with van der Waals surface area (Å²) >= 11 is 0. The van der Waals surface area contributed by atoms with Crippen LogP contribution in [0.2, 0.25) is 0 Å². The van der Waals surface area contributed by atoms with Crippen molar-refractivity contribution in [2.24, 2.45) is 0 Å². The average Bonchev–Trinajstić information content (AvgIpc) is 0.923. The SMILES string of the molecule is CCCCC/C=C\C/C=C\C/C=C\C/C=C\CCCC(=O)OC[C@H](COP(=O)(O)OC[C@@H](O)COP(=O)(O)OC[C@@H](COC(=O)CCCCCCC/C=C\C/C=C\CCCCC)OC(=O)CCCCCCC/C=C\C/C=C\CCCCC)OC(=O)CCCCCCC/C=C\CCCCCCCC. The van der Waals surface area contributed by atoms with Gasteiger partial charge in [-0.25, -0.2) is 9.13 Å². The lowest BCUT2D eigenvalue weighted by Crippen LogP contribution is -2.30. The van der Waals surface area contributed by atoms with Crippen LogP contribution in [-0.2, 0) is 65.4 Å². The molecule has 0 rings (SSSR count). The third-order valence-corrected chi connectivity index (χ3v) is 18.6. The van der Waals surface area contributed by atoms with E-state index in [0.29, 0.717) is 32.1 Å². The molecule has 0 saturated carbocycles. The normalized spacial score (nSPS) is 14.5. The summed E-state index contributed by atoms with van der Waals surface area (Å²) in [5, 5.41) is 10.6. The molecule has 0 aliphatic carbocycles. The van der Waals surface area contributed by atoms with Crippen molar-refractivity contribution >= 4 is 39.5 Å². The van der Waals surface area contributed by atoms with Crippen LogP contribution in [0.4, 0.5) is 0 Å². The molecule has 0 aromatic heterocycles. The summed E-state index contributed by atoms with van der Waals surface area (Å²) in [6.07, 6.45) is 80.7. The molecule has 0 fully saturated rings. The van der Waals surface area contributed by atoms with Gasteiger partial charge in [0.15, 0.2) is 12.2 Å². The van der Waals surface area contributed by atoms with E-state index in [1.54, 1.807) is 0 Å². The Bertz CT molecular complexity index is 2360. The standard InChI is InChI=1S/C83H144O17P2/c1-5-9-13-17-21-25-29-33-37-38-42-44-48-52-56-60-64-68-81(86)94-74-79(100-83(88)70-66-62-58-54-50-46-41-36-32-28-24-20-16-12-8-4)76-98-102(91,92)96-72-77(84)71-95-101(89,90)97-75-78(99-82(87)69-65-61-57-53-49-45-40-35-31-27-23-19-15-11-7-3)73-93-80(85)67-63-59-55-51-47-43-39-34-30-26-22-18-14-10-6-2/h21-23,25-27,33-37,39-42,44,52,56,77-79,84H,5-20,24,28-32,38,43,45-51,53-55,57-76H2,1-4H3,(H,89,90)(H,91,92)/b25-21-,26-22-,27-23-,37-33-,39-34-,40-35-,41-36-,44-42-,56-52-/t77-,78+,79+/m0/s1. The molecule has 19 heteroatoms. The zero-order valence-corrected chi connectivity index (χ0v) is 66.0. The second kappa shape index (κ2) is 75.0. The van der Waals surface area contributed by atoms with Crippen molar-refractivity contribution in [1.29, 1.82) is 0 Å². The lowest BCUT2D eigenvalue weighted by Gasteiger charge is -2.21. The molecule has 0 spiro atoms. The molecule has 0 bridgehead atoms. The number of unbranched alkanes of at least 4 members (excludes halogenated alkanes) is 31. The van der Waals surface area contributed by atoms with E-state index in [0.717, 1.165) is 154 Å². The van der Waals surface area contributed by atoms with E-state index >= 15 is 0 Å². The molecule has 5 atom stereocenters. The molecule has 0 heterocycles. The Kier molecular flexibility index (Phi) is 71.8. The third kappa shape index (κ3) is 74.0. The molecule has 0 aromatic rings. The van der Waals surface area contributed by atoms with Crippen LogP contribution in [-0.4, -0.2) is 96.7 Å². The summed E-state index contributed by atoms with van der Waals surface area (Å²) in [5.74, 6) is -2.27. The first-order valence-corrected chi connectivity index (χ1v) is 43.1. The van der Waals surface area contributed by atoms with Gasteiger partial charge in [0.05, 0.1) is 26.4 Å². The predicted octanol–water partition coefficient (Wildman–Crippen LogP) is 23.3. The quantitative estimate of drug-likeness (QED) is 0.0169. The van der Waals surface area contributed by atoms with Crippen LogP contribution in [0.25, 0.3) is 0 Å². The van der Waals surface area contributed by atoms with Gasteiger partial charge < -0.3 is 33.8 Å². The molecule has 3 N–H and O–H groups in total. The first kappa shape index (κ1) is 97.7. The number of phosphoric acid groups is 2. The molecule has 0 amide bonds. The third-order valence-electron chi connectivity index (χ3n) is 16.7. The van der Waals surface area contributed by atoms with Crippen molar-refractivity contribution in [3.05, 3.63) is 109 Å². The zero-order chi connectivity index (χ0) is 74.6. The minimum Gasteiger partial charge on any atom is -0.462 e. The van der Waals surface area contributed by atoms with Gasteiger partial charge in [-0.2, -0.15) is 0 Å². The Labute approximate surface area is 619 Å². The monoisotopic (exact) mass is 1470 g/mol. The van der Waals surface area contributed by atoms with Gasteiger partial charge in [-0.15, -0.1) is 0 Å². The van der Waals surface area contributed by atoms with Gasteiger partial charge in [-0.1, -0.05) is 265 Å². The van der Waals surface area contributed by atoms with Crippen molar-refractivity contribution in [2.45, 2.75) is 354 Å². The van der Waals surface area contributed by atoms with Crippen LogP contribution < -0.4 is 0 Å². The lowest BCUT2D eigenvalue weighted by atomic mass is 10.1. The van der Waals surface area contributed by atoms with Crippen molar-refractivity contribution in [3.8, 4) is 0 Å². The number of hydrogen-bond acceptors (Lipinski definition) is 15. The first-order valence-electron chi connectivity index (χ1n) is 40.1. The largest absolute Gasteiger partial charge is 0.472 e. The predicted molar refractivity (Wildman–Crippen MR) is 418 cm³/mol. The number of carbonyl (C=O) groups excluding carboxylic acids is 4. The van der Waals surface area contributed by atoms with Crippen molar-refractivity contribution in [1.82, 2.24) is 0 Å². The average molecular weight is 1480 g/mol. The summed E-state index contributed by atoms with van der Waals surface area (Å²) in [6.45, 7) is 4.71. The van der Waals surface area contributed by atoms with Crippen LogP contribution in [0, 0.1) is 0 Å². The van der Waals surface area contributed by atoms with Gasteiger partial charge in [0, 0.05) is 25.7 Å². The van der Waals surface area contributed by atoms with E-state index in [-0.39, 0.29) is 25.7 Å². The molecule has 588 valence electrons. The summed E-state index contributed by atoms with van der Waals surface area (Å²) in [7, 11) is -9.98. The van der Waals surface area contributed by atoms with Crippen LogP contribution in [0.5, 0.6) is 0 Å². The molecule has 0 radical (unpaired) electrons. The Hall–Kier alpha value is -4.28. The van der Waals surface area contributed by atoms with Gasteiger partial charge >= 0.3 is 39.5 Å². The number of phosphoric ester groups is 2. The van der Waals surface area contributed by atoms with E-state index in [4.69, 9.17) is 37.0 Å². The summed E-state index contributed by atoms with van der Waals surface area (Å²) in [4.78, 5) is 73.0. The number of hydrogen-bond donors (Lipinski definition) is 3. The maximum Gasteiger partial charge on any atom is 0.472 e. The molecule has 0 aromatic carbocycles. The Morgan fingerprint density at radius 1 is 0.275 bits per heavy atom. The Morgan fingerprint density at radius 3 is 0.804 bits per heavy atom. The van der Waals surface area contributed by atoms with E-state index in [1.165, 1.54) is 96.3 Å². The number of allylic oxidation sites excluding steroid dienone is 18. The first-order chi connectivity index (χ1) is 49.7. The summed E-state index contributed by atoms with van der Waals surface area (Å²) in [6, 6.07) is 0. The fraction of sp³-hybridized carbons (Fsp3) is 0.735. The number of esters is 4. The highest BCUT2D eigenvalue weighted by atomic mass is 31.2. The highest BCUT2D eigenvalue weighted by Crippen LogP contribution is 2.45. The molecule has 17 nitrogen and oxygen atoms in total. The van der Waals surface area contributed by atoms with Gasteiger partial charge in [0.1, 0.15) is 19.3 Å². The highest BCUT2D eigenvalue weighted by molar-refractivity contribution is 7.47. The lowest BCUT2D eigenvalue weighted by molar-refractivity contribution is -0.161. The van der Waals surface area contributed by atoms with Crippen LogP contribution in [0.1, 0.15) is 336 Å². The number of aliphatic hydroxyl groups is 1. The van der Waals surface area contributed by atoms with E-state index in [9.17, 15) is 43.2 Å². The molecular weight excluding hydrogens is 1330 g/mol. The minimum atomic E-state index is -4.99. The van der Waals surface area contributed by atoms with E-state index < -0.39 is 97.5 Å². The molecule has 0 saturated heterocycles. The summed E-state index contributed by atoms with van der Waals surface area (Å²) < 4.78 is 68.5. The van der Waals surface area contributed by atoms with Crippen LogP contribution in [0.3, 0.4) is 0 Å². The molecule has 102 heavy (non-hydrogen) atoms. The maximum absolute atomic E-state index is 13.1. The number of ether oxygens (including phenoxy) is 4. The fourth-order valence-electron chi connectivity index (χ4n) is 10.5. The van der Waals surface area contributed by atoms with Gasteiger partial charge in [0.25, 0.3) is 0 Å². The molecule has 2 unspecified atom stereocenters. The topological polar surface area (TPSA) is 237 Å². The Balaban J connectivity index is 5.43.